The molecule has 0 heterocycles. The zero-order chi connectivity index (χ0) is 12.0. The van der Waals surface area contributed by atoms with Gasteiger partial charge in [-0.25, -0.2) is 0 Å². The highest BCUT2D eigenvalue weighted by molar-refractivity contribution is 6.20. The van der Waals surface area contributed by atoms with E-state index in [-0.39, 0.29) is 11.3 Å². The van der Waals surface area contributed by atoms with Crippen molar-refractivity contribution in [3.63, 3.8) is 0 Å². The average molecular weight is 242 g/mol. The SMILES string of the molecule is COc1ccccc1CC(=O)NCC(C)Cl. The van der Waals surface area contributed by atoms with Gasteiger partial charge in [-0.2, -0.15) is 0 Å². The summed E-state index contributed by atoms with van der Waals surface area (Å²) in [6.07, 6.45) is 0.313. The predicted octanol–water partition coefficient (Wildman–Crippen LogP) is 1.98. The molecule has 0 aromatic heterocycles. The molecule has 0 radical (unpaired) electrons. The monoisotopic (exact) mass is 241 g/mol. The number of para-hydroxylation sites is 1. The third kappa shape index (κ3) is 4.11. The highest BCUT2D eigenvalue weighted by atomic mass is 35.5. The second-order valence-corrected chi connectivity index (χ2v) is 4.32. The van der Waals surface area contributed by atoms with Gasteiger partial charge in [-0.15, -0.1) is 11.6 Å². The van der Waals surface area contributed by atoms with Gasteiger partial charge in [0.25, 0.3) is 0 Å². The summed E-state index contributed by atoms with van der Waals surface area (Å²) < 4.78 is 5.17. The molecule has 1 rings (SSSR count). The molecular weight excluding hydrogens is 226 g/mol. The number of hydrogen-bond acceptors (Lipinski definition) is 2. The molecular formula is C12H16ClNO2. The van der Waals surface area contributed by atoms with Crippen molar-refractivity contribution in [3.05, 3.63) is 29.8 Å². The van der Waals surface area contributed by atoms with Crippen LogP contribution in [0.15, 0.2) is 24.3 Å². The van der Waals surface area contributed by atoms with Gasteiger partial charge >= 0.3 is 0 Å². The molecule has 1 atom stereocenters. The lowest BCUT2D eigenvalue weighted by atomic mass is 10.1. The molecule has 0 saturated heterocycles. The van der Waals surface area contributed by atoms with Crippen LogP contribution in [-0.2, 0) is 11.2 Å². The number of halogens is 1. The number of nitrogens with one attached hydrogen (secondary N) is 1. The van der Waals surface area contributed by atoms with Gasteiger partial charge in [0.05, 0.1) is 13.5 Å². The fourth-order valence-corrected chi connectivity index (χ4v) is 1.42. The summed E-state index contributed by atoms with van der Waals surface area (Å²) in [6, 6.07) is 7.48. The van der Waals surface area contributed by atoms with Crippen molar-refractivity contribution in [1.29, 1.82) is 0 Å². The Labute approximate surface area is 101 Å². The molecule has 4 heteroatoms. The maximum Gasteiger partial charge on any atom is 0.224 e. The Morgan fingerprint density at radius 1 is 1.50 bits per heavy atom. The third-order valence-electron chi connectivity index (χ3n) is 2.12. The lowest BCUT2D eigenvalue weighted by Gasteiger charge is -2.09. The van der Waals surface area contributed by atoms with E-state index in [1.54, 1.807) is 7.11 Å². The summed E-state index contributed by atoms with van der Waals surface area (Å²) in [5.74, 6) is 0.688. The Hall–Kier alpha value is -1.22. The van der Waals surface area contributed by atoms with E-state index in [1.165, 1.54) is 0 Å². The van der Waals surface area contributed by atoms with Crippen molar-refractivity contribution in [2.24, 2.45) is 0 Å². The molecule has 16 heavy (non-hydrogen) atoms. The fourth-order valence-electron chi connectivity index (χ4n) is 1.34. The molecule has 0 bridgehead atoms. The highest BCUT2D eigenvalue weighted by Crippen LogP contribution is 2.17. The molecule has 0 saturated carbocycles. The second kappa shape index (κ2) is 6.38. The van der Waals surface area contributed by atoms with Gasteiger partial charge in [-0.3, -0.25) is 4.79 Å². The summed E-state index contributed by atoms with van der Waals surface area (Å²) in [5.41, 5.74) is 0.879. The van der Waals surface area contributed by atoms with Gasteiger partial charge in [-0.1, -0.05) is 18.2 Å². The van der Waals surface area contributed by atoms with Crippen molar-refractivity contribution in [2.75, 3.05) is 13.7 Å². The van der Waals surface area contributed by atoms with E-state index in [1.807, 2.05) is 31.2 Å². The van der Waals surface area contributed by atoms with Gasteiger partial charge in [-0.05, 0) is 13.0 Å². The van der Waals surface area contributed by atoms with E-state index in [0.29, 0.717) is 13.0 Å². The zero-order valence-electron chi connectivity index (χ0n) is 9.50. The maximum atomic E-state index is 11.6. The van der Waals surface area contributed by atoms with Gasteiger partial charge in [0.1, 0.15) is 5.75 Å². The molecule has 3 nitrogen and oxygen atoms in total. The lowest BCUT2D eigenvalue weighted by molar-refractivity contribution is -0.120. The fraction of sp³-hybridized carbons (Fsp3) is 0.417. The van der Waals surface area contributed by atoms with Crippen LogP contribution >= 0.6 is 11.6 Å². The minimum atomic E-state index is -0.0541. The Morgan fingerprint density at radius 3 is 2.81 bits per heavy atom. The van der Waals surface area contributed by atoms with Crippen molar-refractivity contribution in [1.82, 2.24) is 5.32 Å². The summed E-state index contributed by atoms with van der Waals surface area (Å²) in [7, 11) is 1.59. The van der Waals surface area contributed by atoms with E-state index < -0.39 is 0 Å². The number of rotatable bonds is 5. The Morgan fingerprint density at radius 2 is 2.19 bits per heavy atom. The van der Waals surface area contributed by atoms with Crippen LogP contribution in [0.2, 0.25) is 0 Å². The molecule has 0 aliphatic rings. The van der Waals surface area contributed by atoms with E-state index >= 15 is 0 Å². The molecule has 0 fully saturated rings. The number of ether oxygens (including phenoxy) is 1. The van der Waals surface area contributed by atoms with E-state index in [0.717, 1.165) is 11.3 Å². The van der Waals surface area contributed by atoms with Crippen LogP contribution in [0.4, 0.5) is 0 Å². The Bertz CT molecular complexity index is 353. The first-order valence-electron chi connectivity index (χ1n) is 5.16. The minimum Gasteiger partial charge on any atom is -0.496 e. The number of methoxy groups -OCH3 is 1. The third-order valence-corrected chi connectivity index (χ3v) is 2.28. The van der Waals surface area contributed by atoms with Crippen molar-refractivity contribution >= 4 is 17.5 Å². The van der Waals surface area contributed by atoms with E-state index in [2.05, 4.69) is 5.32 Å². The summed E-state index contributed by atoms with van der Waals surface area (Å²) in [4.78, 5) is 11.6. The first kappa shape index (κ1) is 12.8. The van der Waals surface area contributed by atoms with E-state index in [4.69, 9.17) is 16.3 Å². The molecule has 1 aromatic carbocycles. The van der Waals surface area contributed by atoms with Crippen LogP contribution < -0.4 is 10.1 Å². The quantitative estimate of drug-likeness (QED) is 0.801. The van der Waals surface area contributed by atoms with Crippen molar-refractivity contribution in [3.8, 4) is 5.75 Å². The summed E-state index contributed by atoms with van der Waals surface area (Å²) in [5, 5.41) is 2.70. The van der Waals surface area contributed by atoms with Crippen LogP contribution in [0, 0.1) is 0 Å². The molecule has 88 valence electrons. The van der Waals surface area contributed by atoms with Gasteiger partial charge in [0.2, 0.25) is 5.91 Å². The molecule has 1 amide bonds. The highest BCUT2D eigenvalue weighted by Gasteiger charge is 2.08. The summed E-state index contributed by atoms with van der Waals surface area (Å²) in [6.45, 7) is 2.32. The smallest absolute Gasteiger partial charge is 0.224 e. The molecule has 0 aliphatic carbocycles. The molecule has 1 aromatic rings. The van der Waals surface area contributed by atoms with Gasteiger partial charge in [0, 0.05) is 17.5 Å². The summed E-state index contributed by atoms with van der Waals surface area (Å²) >= 11 is 5.74. The molecule has 0 aliphatic heterocycles. The standard InChI is InChI=1S/C12H16ClNO2/c1-9(13)8-14-12(15)7-10-5-3-4-6-11(10)16-2/h3-6,9H,7-8H2,1-2H3,(H,14,15). The van der Waals surface area contributed by atoms with Gasteiger partial charge < -0.3 is 10.1 Å². The number of alkyl halides is 1. The number of carbonyl (C=O) groups is 1. The normalized spacial score (nSPS) is 11.9. The van der Waals surface area contributed by atoms with Crippen LogP contribution in [-0.4, -0.2) is 24.9 Å². The first-order valence-corrected chi connectivity index (χ1v) is 5.59. The zero-order valence-corrected chi connectivity index (χ0v) is 10.3. The van der Waals surface area contributed by atoms with Crippen molar-refractivity contribution < 1.29 is 9.53 Å². The predicted molar refractivity (Wildman–Crippen MR) is 65.0 cm³/mol. The number of amides is 1. The topological polar surface area (TPSA) is 38.3 Å². The molecule has 1 N–H and O–H groups in total. The van der Waals surface area contributed by atoms with Gasteiger partial charge in [0.15, 0.2) is 0 Å². The van der Waals surface area contributed by atoms with Crippen LogP contribution in [0.25, 0.3) is 0 Å². The van der Waals surface area contributed by atoms with Crippen molar-refractivity contribution in [2.45, 2.75) is 18.7 Å². The number of carbonyl (C=O) groups excluding carboxylic acids is 1. The van der Waals surface area contributed by atoms with Crippen LogP contribution in [0.5, 0.6) is 5.75 Å². The molecule has 0 spiro atoms. The first-order chi connectivity index (χ1) is 7.63. The van der Waals surface area contributed by atoms with Crippen LogP contribution in [0.3, 0.4) is 0 Å². The molecule has 1 unspecified atom stereocenters. The maximum absolute atomic E-state index is 11.6. The number of benzene rings is 1. The Kier molecular flexibility index (Phi) is 5.12. The minimum absolute atomic E-state index is 0.0444. The Balaban J connectivity index is 2.55. The van der Waals surface area contributed by atoms with Crippen LogP contribution in [0.1, 0.15) is 12.5 Å². The van der Waals surface area contributed by atoms with E-state index in [9.17, 15) is 4.79 Å². The number of hydrogen-bond donors (Lipinski definition) is 1. The largest absolute Gasteiger partial charge is 0.496 e. The second-order valence-electron chi connectivity index (χ2n) is 3.57. The lowest BCUT2D eigenvalue weighted by Crippen LogP contribution is -2.29. The average Bonchev–Trinajstić information content (AvgIpc) is 2.27.